The van der Waals surface area contributed by atoms with Crippen molar-refractivity contribution in [1.29, 1.82) is 5.26 Å². The fourth-order valence-corrected chi connectivity index (χ4v) is 1.74. The molecule has 0 spiro atoms. The van der Waals surface area contributed by atoms with Crippen LogP contribution in [0, 0.1) is 11.5 Å². The molecule has 0 radical (unpaired) electrons. The molecule has 0 aromatic heterocycles. The van der Waals surface area contributed by atoms with E-state index in [1.54, 1.807) is 0 Å². The number of amides is 1. The topological polar surface area (TPSA) is 100 Å². The molecule has 114 valence electrons. The van der Waals surface area contributed by atoms with Gasteiger partial charge in [-0.25, -0.2) is 4.79 Å². The molecule has 0 heterocycles. The van der Waals surface area contributed by atoms with Gasteiger partial charge in [-0.2, -0.15) is 5.26 Å². The summed E-state index contributed by atoms with van der Waals surface area (Å²) in [6.45, 7) is 5.83. The minimum absolute atomic E-state index is 0.379. The molecule has 0 aliphatic carbocycles. The lowest BCUT2D eigenvalue weighted by molar-refractivity contribution is 0.0523. The molecule has 1 amide bonds. The lowest BCUT2D eigenvalue weighted by Gasteiger charge is -2.19. The molecular weight excluding hydrogens is 268 g/mol. The monoisotopic (exact) mass is 290 g/mol. The van der Waals surface area contributed by atoms with Gasteiger partial charge in [-0.05, 0) is 31.9 Å². The molecule has 0 saturated heterocycles. The number of nitrogens with zero attached hydrogens (tertiary/aromatic N) is 1. The number of hydrogen-bond donors (Lipinski definition) is 3. The zero-order chi connectivity index (χ0) is 15.9. The normalized spacial score (nSPS) is 12.1. The van der Waals surface area contributed by atoms with Gasteiger partial charge in [-0.15, -0.1) is 0 Å². The average Bonchev–Trinajstić information content (AvgIpc) is 2.35. The van der Waals surface area contributed by atoms with E-state index in [-0.39, 0.29) is 0 Å². The van der Waals surface area contributed by atoms with Crippen LogP contribution in [0.1, 0.15) is 31.9 Å². The summed E-state index contributed by atoms with van der Waals surface area (Å²) in [4.78, 5) is 11.6. The van der Waals surface area contributed by atoms with Crippen LogP contribution < -0.4 is 16.4 Å². The Morgan fingerprint density at radius 2 is 2.10 bits per heavy atom. The first kappa shape index (κ1) is 16.8. The highest BCUT2D eigenvalue weighted by Gasteiger charge is 2.15. The first-order valence-electron chi connectivity index (χ1n) is 6.75. The van der Waals surface area contributed by atoms with Crippen molar-refractivity contribution < 1.29 is 9.53 Å². The predicted molar refractivity (Wildman–Crippen MR) is 79.9 cm³/mol. The van der Waals surface area contributed by atoms with Crippen molar-refractivity contribution >= 4 is 6.09 Å². The van der Waals surface area contributed by atoms with E-state index in [1.165, 1.54) is 0 Å². The van der Waals surface area contributed by atoms with Gasteiger partial charge in [0.1, 0.15) is 5.60 Å². The van der Waals surface area contributed by atoms with Gasteiger partial charge in [-0.1, -0.05) is 24.3 Å². The van der Waals surface area contributed by atoms with Gasteiger partial charge in [0.25, 0.3) is 0 Å². The first-order chi connectivity index (χ1) is 9.80. The fourth-order valence-electron chi connectivity index (χ4n) is 1.74. The third kappa shape index (κ3) is 7.18. The van der Waals surface area contributed by atoms with Crippen LogP contribution in [0.5, 0.6) is 0 Å². The largest absolute Gasteiger partial charge is 0.444 e. The van der Waals surface area contributed by atoms with Gasteiger partial charge in [0.2, 0.25) is 0 Å². The van der Waals surface area contributed by atoms with Crippen LogP contribution in [-0.4, -0.2) is 17.9 Å². The lowest BCUT2D eigenvalue weighted by atomic mass is 10.1. The minimum atomic E-state index is -0.512. The number of rotatable bonds is 5. The highest BCUT2D eigenvalue weighted by Crippen LogP contribution is 2.09. The Morgan fingerprint density at radius 1 is 1.43 bits per heavy atom. The summed E-state index contributed by atoms with van der Waals surface area (Å²) in [5.41, 5.74) is 7.16. The van der Waals surface area contributed by atoms with E-state index in [0.717, 1.165) is 11.1 Å². The van der Waals surface area contributed by atoms with E-state index in [2.05, 4.69) is 10.6 Å². The van der Waals surface area contributed by atoms with Gasteiger partial charge in [0.15, 0.2) is 6.19 Å². The summed E-state index contributed by atoms with van der Waals surface area (Å²) >= 11 is 0. The Morgan fingerprint density at radius 3 is 2.71 bits per heavy atom. The van der Waals surface area contributed by atoms with Gasteiger partial charge in [0, 0.05) is 13.0 Å². The highest BCUT2D eigenvalue weighted by atomic mass is 16.6. The van der Waals surface area contributed by atoms with E-state index in [4.69, 9.17) is 15.7 Å². The Hall–Kier alpha value is -2.26. The predicted octanol–water partition coefficient (Wildman–Crippen LogP) is 1.61. The minimum Gasteiger partial charge on any atom is -0.444 e. The van der Waals surface area contributed by atoms with Crippen LogP contribution in [0.3, 0.4) is 0 Å². The number of benzene rings is 1. The van der Waals surface area contributed by atoms with E-state index < -0.39 is 17.9 Å². The third-order valence-corrected chi connectivity index (χ3v) is 2.53. The molecule has 0 saturated carbocycles. The Balaban J connectivity index is 2.53. The van der Waals surface area contributed by atoms with Crippen LogP contribution in [0.2, 0.25) is 0 Å². The molecule has 21 heavy (non-hydrogen) atoms. The van der Waals surface area contributed by atoms with Gasteiger partial charge < -0.3 is 21.1 Å². The number of alkyl carbamates (subject to hydrolysis) is 1. The van der Waals surface area contributed by atoms with Crippen molar-refractivity contribution in [3.05, 3.63) is 35.4 Å². The molecule has 6 nitrogen and oxygen atoms in total. The van der Waals surface area contributed by atoms with Gasteiger partial charge in [0.05, 0.1) is 6.17 Å². The number of nitriles is 1. The van der Waals surface area contributed by atoms with Crippen LogP contribution >= 0.6 is 0 Å². The maximum Gasteiger partial charge on any atom is 0.407 e. The van der Waals surface area contributed by atoms with E-state index >= 15 is 0 Å². The molecule has 1 atom stereocenters. The second kappa shape index (κ2) is 7.50. The van der Waals surface area contributed by atoms with E-state index in [9.17, 15) is 4.79 Å². The molecule has 0 bridgehead atoms. The maximum atomic E-state index is 11.6. The van der Waals surface area contributed by atoms with Gasteiger partial charge >= 0.3 is 6.09 Å². The molecule has 0 aliphatic heterocycles. The number of nitrogens with one attached hydrogen (secondary N) is 2. The summed E-state index contributed by atoms with van der Waals surface area (Å²) < 4.78 is 5.17. The quantitative estimate of drug-likeness (QED) is 0.434. The summed E-state index contributed by atoms with van der Waals surface area (Å²) in [5, 5.41) is 13.7. The first-order valence-corrected chi connectivity index (χ1v) is 6.75. The van der Waals surface area contributed by atoms with Crippen LogP contribution in [0.4, 0.5) is 4.79 Å². The zero-order valence-corrected chi connectivity index (χ0v) is 12.6. The molecule has 1 aromatic rings. The Labute approximate surface area is 125 Å². The number of carbonyl (C=O) groups is 1. The van der Waals surface area contributed by atoms with Gasteiger partial charge in [-0.3, -0.25) is 0 Å². The second-order valence-corrected chi connectivity index (χ2v) is 5.74. The Kier molecular flexibility index (Phi) is 6.00. The lowest BCUT2D eigenvalue weighted by Crippen LogP contribution is -2.36. The molecule has 4 N–H and O–H groups in total. The number of hydrogen-bond acceptors (Lipinski definition) is 5. The third-order valence-electron chi connectivity index (χ3n) is 2.53. The van der Waals surface area contributed by atoms with Crippen LogP contribution in [-0.2, 0) is 17.7 Å². The molecule has 6 heteroatoms. The molecule has 1 rings (SSSR count). The fraction of sp³-hybridized carbons (Fsp3) is 0.467. The molecule has 1 aromatic carbocycles. The summed E-state index contributed by atoms with van der Waals surface area (Å²) in [7, 11) is 0. The standard InChI is InChI=1S/C15H22N4O2/c1-15(2,3)21-14(20)18-9-12-6-4-5-11(7-12)8-13(17)19-10-16/h4-7,13,19H,8-9,17H2,1-3H3,(H,18,20). The number of nitrogens with two attached hydrogens (primary N) is 1. The zero-order valence-electron chi connectivity index (χ0n) is 12.6. The smallest absolute Gasteiger partial charge is 0.407 e. The SMILES string of the molecule is CC(C)(C)OC(=O)NCc1cccc(CC(N)NC#N)c1. The average molecular weight is 290 g/mol. The highest BCUT2D eigenvalue weighted by molar-refractivity contribution is 5.67. The van der Waals surface area contributed by atoms with E-state index in [1.807, 2.05) is 51.2 Å². The maximum absolute atomic E-state index is 11.6. The molecular formula is C15H22N4O2. The van der Waals surface area contributed by atoms with Crippen molar-refractivity contribution in [3.63, 3.8) is 0 Å². The van der Waals surface area contributed by atoms with Crippen molar-refractivity contribution in [2.75, 3.05) is 0 Å². The molecule has 0 aliphatic rings. The van der Waals surface area contributed by atoms with Crippen molar-refractivity contribution in [2.45, 2.75) is 45.5 Å². The summed E-state index contributed by atoms with van der Waals surface area (Å²) in [6, 6.07) is 7.66. The summed E-state index contributed by atoms with van der Waals surface area (Å²) in [6.07, 6.45) is 1.49. The van der Waals surface area contributed by atoms with E-state index in [0.29, 0.717) is 13.0 Å². The van der Waals surface area contributed by atoms with Crippen LogP contribution in [0.15, 0.2) is 24.3 Å². The summed E-state index contributed by atoms with van der Waals surface area (Å²) in [5.74, 6) is 0. The van der Waals surface area contributed by atoms with Crippen LogP contribution in [0.25, 0.3) is 0 Å². The van der Waals surface area contributed by atoms with Crippen molar-refractivity contribution in [3.8, 4) is 6.19 Å². The van der Waals surface area contributed by atoms with Crippen molar-refractivity contribution in [1.82, 2.24) is 10.6 Å². The Bertz CT molecular complexity index is 517. The second-order valence-electron chi connectivity index (χ2n) is 5.74. The molecule has 1 unspecified atom stereocenters. The molecule has 0 fully saturated rings. The van der Waals surface area contributed by atoms with Crippen molar-refractivity contribution in [2.24, 2.45) is 5.73 Å². The number of ether oxygens (including phenoxy) is 1. The number of carbonyl (C=O) groups excluding carboxylic acids is 1.